The van der Waals surface area contributed by atoms with Crippen molar-refractivity contribution in [3.8, 4) is 0 Å². The van der Waals surface area contributed by atoms with E-state index in [0.29, 0.717) is 0 Å². The predicted octanol–water partition coefficient (Wildman–Crippen LogP) is 1.39. The minimum Gasteiger partial charge on any atom is -0.300 e. The van der Waals surface area contributed by atoms with E-state index in [-0.39, 0.29) is 42.9 Å². The summed E-state index contributed by atoms with van der Waals surface area (Å²) in [6.07, 6.45) is 0.556. The molecule has 1 aliphatic rings. The lowest BCUT2D eigenvalue weighted by Crippen LogP contribution is -2.32. The number of ketones is 1. The number of nitrogens with zero attached hydrogens (tertiary/aromatic N) is 1. The number of hydrogen-bond acceptors (Lipinski definition) is 3. The Kier molecular flexibility index (Phi) is 5.82. The molecule has 1 unspecified atom stereocenters. The largest absolute Gasteiger partial charge is 0.300 e. The summed E-state index contributed by atoms with van der Waals surface area (Å²) < 4.78 is 0. The molecule has 1 heterocycles. The molecule has 1 atom stereocenters. The van der Waals surface area contributed by atoms with Crippen molar-refractivity contribution in [2.75, 3.05) is 6.54 Å². The zero-order valence-electron chi connectivity index (χ0n) is 9.87. The highest BCUT2D eigenvalue weighted by molar-refractivity contribution is 6.03. The Morgan fingerprint density at radius 2 is 1.93 bits per heavy atom. The highest BCUT2D eigenvalue weighted by atomic mass is 16.2. The van der Waals surface area contributed by atoms with Crippen molar-refractivity contribution < 1.29 is 14.4 Å². The molecule has 1 aliphatic heterocycles. The van der Waals surface area contributed by atoms with Crippen LogP contribution in [0.1, 0.15) is 40.5 Å². The quantitative estimate of drug-likeness (QED) is 0.666. The van der Waals surface area contributed by atoms with Crippen LogP contribution in [-0.2, 0) is 14.4 Å². The highest BCUT2D eigenvalue weighted by Crippen LogP contribution is 2.18. The SMILES string of the molecule is CC.CC(=O)CCN1C(=O)CC(C)C1=O. The summed E-state index contributed by atoms with van der Waals surface area (Å²) >= 11 is 0. The Labute approximate surface area is 90.6 Å². The zero-order chi connectivity index (χ0) is 12.0. The predicted molar refractivity (Wildman–Crippen MR) is 57.1 cm³/mol. The number of hydrogen-bond donors (Lipinski definition) is 0. The summed E-state index contributed by atoms with van der Waals surface area (Å²) in [5.74, 6) is -0.510. The van der Waals surface area contributed by atoms with Gasteiger partial charge in [-0.2, -0.15) is 0 Å². The van der Waals surface area contributed by atoms with Gasteiger partial charge in [-0.1, -0.05) is 20.8 Å². The van der Waals surface area contributed by atoms with Crippen LogP contribution in [0, 0.1) is 5.92 Å². The first kappa shape index (κ1) is 13.8. The second-order valence-corrected chi connectivity index (χ2v) is 3.44. The summed E-state index contributed by atoms with van der Waals surface area (Å²) in [7, 11) is 0. The van der Waals surface area contributed by atoms with Gasteiger partial charge in [-0.05, 0) is 6.92 Å². The molecule has 15 heavy (non-hydrogen) atoms. The molecule has 0 bridgehead atoms. The van der Waals surface area contributed by atoms with Gasteiger partial charge in [0.2, 0.25) is 11.8 Å². The Morgan fingerprint density at radius 1 is 1.40 bits per heavy atom. The number of Topliss-reactive ketones (excluding diaryl/α,β-unsaturated/α-hetero) is 1. The standard InChI is InChI=1S/C9H13NO3.C2H6/c1-6-5-8(12)10(9(6)13)4-3-7(2)11;1-2/h6H,3-5H2,1-2H3;1-2H3. The van der Waals surface area contributed by atoms with Crippen LogP contribution in [0.3, 0.4) is 0 Å². The fourth-order valence-electron chi connectivity index (χ4n) is 1.35. The average Bonchev–Trinajstić information content (AvgIpc) is 2.42. The normalized spacial score (nSPS) is 20.0. The molecule has 0 aromatic carbocycles. The molecule has 0 aromatic rings. The molecule has 0 saturated carbocycles. The fourth-order valence-corrected chi connectivity index (χ4v) is 1.35. The van der Waals surface area contributed by atoms with E-state index in [1.807, 2.05) is 13.8 Å². The number of rotatable bonds is 3. The van der Waals surface area contributed by atoms with Gasteiger partial charge in [-0.25, -0.2) is 0 Å². The van der Waals surface area contributed by atoms with Gasteiger partial charge in [0, 0.05) is 25.3 Å². The Bertz CT molecular complexity index is 261. The number of amides is 2. The van der Waals surface area contributed by atoms with E-state index in [2.05, 4.69) is 0 Å². The molecular weight excluding hydrogens is 194 g/mol. The van der Waals surface area contributed by atoms with Crippen LogP contribution < -0.4 is 0 Å². The Hall–Kier alpha value is -1.19. The average molecular weight is 213 g/mol. The minimum atomic E-state index is -0.209. The zero-order valence-corrected chi connectivity index (χ0v) is 9.87. The molecule has 86 valence electrons. The van der Waals surface area contributed by atoms with Crippen molar-refractivity contribution in [1.29, 1.82) is 0 Å². The van der Waals surface area contributed by atoms with Gasteiger partial charge in [0.05, 0.1) is 0 Å². The second-order valence-electron chi connectivity index (χ2n) is 3.44. The smallest absolute Gasteiger partial charge is 0.232 e. The highest BCUT2D eigenvalue weighted by Gasteiger charge is 2.34. The number of imide groups is 1. The summed E-state index contributed by atoms with van der Waals surface area (Å²) in [5, 5.41) is 0. The van der Waals surface area contributed by atoms with Crippen molar-refractivity contribution in [2.24, 2.45) is 5.92 Å². The van der Waals surface area contributed by atoms with E-state index >= 15 is 0 Å². The van der Waals surface area contributed by atoms with Crippen LogP contribution in [-0.4, -0.2) is 29.0 Å². The lowest BCUT2D eigenvalue weighted by Gasteiger charge is -2.12. The first-order valence-corrected chi connectivity index (χ1v) is 5.36. The maximum Gasteiger partial charge on any atom is 0.232 e. The van der Waals surface area contributed by atoms with Crippen molar-refractivity contribution in [3.63, 3.8) is 0 Å². The van der Waals surface area contributed by atoms with E-state index in [4.69, 9.17) is 0 Å². The minimum absolute atomic E-state index is 0.000142. The summed E-state index contributed by atoms with van der Waals surface area (Å²) in [6, 6.07) is 0. The van der Waals surface area contributed by atoms with Crippen molar-refractivity contribution in [3.05, 3.63) is 0 Å². The third-order valence-corrected chi connectivity index (χ3v) is 2.16. The van der Waals surface area contributed by atoms with Crippen molar-refractivity contribution >= 4 is 17.6 Å². The number of carbonyl (C=O) groups excluding carboxylic acids is 3. The molecule has 4 nitrogen and oxygen atoms in total. The van der Waals surface area contributed by atoms with E-state index in [1.54, 1.807) is 6.92 Å². The monoisotopic (exact) mass is 213 g/mol. The van der Waals surface area contributed by atoms with Gasteiger partial charge in [0.15, 0.2) is 0 Å². The molecule has 1 rings (SSSR count). The third-order valence-electron chi connectivity index (χ3n) is 2.16. The maximum absolute atomic E-state index is 11.3. The molecular formula is C11H19NO3. The molecule has 0 radical (unpaired) electrons. The fraction of sp³-hybridized carbons (Fsp3) is 0.727. The first-order chi connectivity index (χ1) is 7.02. The number of carbonyl (C=O) groups is 3. The first-order valence-electron chi connectivity index (χ1n) is 5.36. The summed E-state index contributed by atoms with van der Waals surface area (Å²) in [6.45, 7) is 7.43. The third kappa shape index (κ3) is 3.81. The van der Waals surface area contributed by atoms with Gasteiger partial charge >= 0.3 is 0 Å². The van der Waals surface area contributed by atoms with Crippen LogP contribution in [0.15, 0.2) is 0 Å². The lowest BCUT2D eigenvalue weighted by molar-refractivity contribution is -0.139. The Balaban J connectivity index is 0.000000921. The summed E-state index contributed by atoms with van der Waals surface area (Å²) in [5.41, 5.74) is 0. The molecule has 0 aliphatic carbocycles. The Morgan fingerprint density at radius 3 is 2.27 bits per heavy atom. The van der Waals surface area contributed by atoms with Crippen molar-refractivity contribution in [1.82, 2.24) is 4.90 Å². The molecule has 0 N–H and O–H groups in total. The van der Waals surface area contributed by atoms with E-state index in [1.165, 1.54) is 11.8 Å². The van der Waals surface area contributed by atoms with Gasteiger partial charge in [0.25, 0.3) is 0 Å². The number of likely N-dealkylation sites (tertiary alicyclic amines) is 1. The molecule has 2 amide bonds. The second kappa shape index (κ2) is 6.32. The molecule has 0 spiro atoms. The maximum atomic E-state index is 11.3. The van der Waals surface area contributed by atoms with Crippen LogP contribution in [0.4, 0.5) is 0 Å². The summed E-state index contributed by atoms with van der Waals surface area (Å²) in [4.78, 5) is 34.4. The molecule has 4 heteroatoms. The molecule has 1 saturated heterocycles. The lowest BCUT2D eigenvalue weighted by atomic mass is 10.1. The van der Waals surface area contributed by atoms with Crippen molar-refractivity contribution in [2.45, 2.75) is 40.5 Å². The van der Waals surface area contributed by atoms with Gasteiger partial charge in [-0.3, -0.25) is 19.3 Å². The van der Waals surface area contributed by atoms with E-state index < -0.39 is 0 Å². The topological polar surface area (TPSA) is 54.5 Å². The van der Waals surface area contributed by atoms with Crippen LogP contribution in [0.25, 0.3) is 0 Å². The van der Waals surface area contributed by atoms with Crippen LogP contribution in [0.2, 0.25) is 0 Å². The van der Waals surface area contributed by atoms with Gasteiger partial charge in [-0.15, -0.1) is 0 Å². The molecule has 1 fully saturated rings. The van der Waals surface area contributed by atoms with Gasteiger partial charge < -0.3 is 0 Å². The van der Waals surface area contributed by atoms with E-state index in [9.17, 15) is 14.4 Å². The van der Waals surface area contributed by atoms with Crippen LogP contribution in [0.5, 0.6) is 0 Å². The molecule has 0 aromatic heterocycles. The van der Waals surface area contributed by atoms with Gasteiger partial charge in [0.1, 0.15) is 5.78 Å². The van der Waals surface area contributed by atoms with Crippen LogP contribution >= 0.6 is 0 Å². The van der Waals surface area contributed by atoms with E-state index in [0.717, 1.165) is 0 Å².